The molecule has 3 nitrogen and oxygen atoms in total. The second-order valence-electron chi connectivity index (χ2n) is 3.63. The molecule has 0 bridgehead atoms. The van der Waals surface area contributed by atoms with Crippen LogP contribution in [0, 0.1) is 5.41 Å². The molecule has 0 unspecified atom stereocenters. The summed E-state index contributed by atoms with van der Waals surface area (Å²) >= 11 is 0. The fraction of sp³-hybridized carbons (Fsp3) is 0.778. The Morgan fingerprint density at radius 1 is 1.33 bits per heavy atom. The summed E-state index contributed by atoms with van der Waals surface area (Å²) in [5.74, 6) is -0.294. The monoisotopic (exact) mass is 167 g/mol. The average Bonchev–Trinajstić information content (AvgIpc) is 2.06. The largest absolute Gasteiger partial charge is 0.271 e. The maximum atomic E-state index is 11.3. The molecule has 0 heterocycles. The number of carbonyl (C=O) groups excluding carboxylic acids is 2. The van der Waals surface area contributed by atoms with Crippen LogP contribution in [-0.4, -0.2) is 12.0 Å². The third-order valence-corrected chi connectivity index (χ3v) is 2.62. The number of carbonyl (C=O) groups is 1. The van der Waals surface area contributed by atoms with Crippen LogP contribution < -0.4 is 0 Å². The Hall–Kier alpha value is -0.950. The van der Waals surface area contributed by atoms with Crippen molar-refractivity contribution in [1.29, 1.82) is 0 Å². The molecular formula is C9H13NO2. The van der Waals surface area contributed by atoms with Gasteiger partial charge in [-0.15, -0.1) is 4.99 Å². The molecule has 66 valence electrons. The number of nitrogens with zero attached hydrogens (tertiary/aromatic N) is 1. The van der Waals surface area contributed by atoms with E-state index in [4.69, 9.17) is 0 Å². The van der Waals surface area contributed by atoms with E-state index in [2.05, 4.69) is 4.99 Å². The lowest BCUT2D eigenvalue weighted by atomic mass is 9.75. The summed E-state index contributed by atoms with van der Waals surface area (Å²) in [6.45, 7) is 1.88. The molecule has 1 aliphatic rings. The highest BCUT2D eigenvalue weighted by Gasteiger charge is 2.34. The predicted octanol–water partition coefficient (Wildman–Crippen LogP) is 1.82. The molecule has 1 rings (SSSR count). The SMILES string of the molecule is CC1(C(=O)N=C=O)CCCCC1. The zero-order chi connectivity index (χ0) is 9.03. The smallest absolute Gasteiger partial charge is 0.262 e. The number of amides is 1. The first-order valence-corrected chi connectivity index (χ1v) is 4.31. The molecule has 0 spiro atoms. The van der Waals surface area contributed by atoms with Crippen LogP contribution in [0.2, 0.25) is 0 Å². The first kappa shape index (κ1) is 9.14. The number of isocyanates is 1. The summed E-state index contributed by atoms with van der Waals surface area (Å²) < 4.78 is 0. The van der Waals surface area contributed by atoms with Crippen LogP contribution in [0.5, 0.6) is 0 Å². The van der Waals surface area contributed by atoms with E-state index in [0.717, 1.165) is 25.7 Å². The second-order valence-corrected chi connectivity index (χ2v) is 3.63. The normalized spacial score (nSPS) is 21.1. The Kier molecular flexibility index (Phi) is 2.77. The first-order valence-electron chi connectivity index (χ1n) is 4.31. The van der Waals surface area contributed by atoms with Crippen molar-refractivity contribution in [3.8, 4) is 0 Å². The number of aliphatic imine (C=N–C) groups is 1. The Morgan fingerprint density at radius 2 is 1.92 bits per heavy atom. The topological polar surface area (TPSA) is 46.5 Å². The summed E-state index contributed by atoms with van der Waals surface area (Å²) in [7, 11) is 0. The van der Waals surface area contributed by atoms with E-state index in [-0.39, 0.29) is 11.3 Å². The first-order chi connectivity index (χ1) is 5.69. The van der Waals surface area contributed by atoms with Crippen LogP contribution >= 0.6 is 0 Å². The fourth-order valence-electron chi connectivity index (χ4n) is 1.72. The third kappa shape index (κ3) is 1.80. The number of hydrogen-bond acceptors (Lipinski definition) is 2. The zero-order valence-corrected chi connectivity index (χ0v) is 7.30. The maximum absolute atomic E-state index is 11.3. The Bertz CT molecular complexity index is 223. The molecule has 1 fully saturated rings. The van der Waals surface area contributed by atoms with Crippen molar-refractivity contribution in [2.75, 3.05) is 0 Å². The standard InChI is InChI=1S/C9H13NO2/c1-9(8(12)10-7-11)5-3-2-4-6-9/h2-6H2,1H3. The highest BCUT2D eigenvalue weighted by atomic mass is 16.2. The van der Waals surface area contributed by atoms with E-state index in [0.29, 0.717) is 0 Å². The van der Waals surface area contributed by atoms with Crippen molar-refractivity contribution in [3.63, 3.8) is 0 Å². The molecular weight excluding hydrogens is 154 g/mol. The van der Waals surface area contributed by atoms with Gasteiger partial charge in [-0.2, -0.15) is 0 Å². The molecule has 0 saturated heterocycles. The van der Waals surface area contributed by atoms with Crippen molar-refractivity contribution >= 4 is 12.0 Å². The van der Waals surface area contributed by atoms with E-state index in [1.807, 2.05) is 6.92 Å². The van der Waals surface area contributed by atoms with Gasteiger partial charge >= 0.3 is 0 Å². The molecule has 0 aromatic carbocycles. The minimum atomic E-state index is -0.379. The fourth-order valence-corrected chi connectivity index (χ4v) is 1.72. The molecule has 1 amide bonds. The van der Waals surface area contributed by atoms with Crippen molar-refractivity contribution in [2.24, 2.45) is 10.4 Å². The van der Waals surface area contributed by atoms with E-state index in [1.165, 1.54) is 12.5 Å². The summed E-state index contributed by atoms with van der Waals surface area (Å²) in [5.41, 5.74) is -0.379. The van der Waals surface area contributed by atoms with Gasteiger partial charge in [0.1, 0.15) is 0 Å². The van der Waals surface area contributed by atoms with E-state index < -0.39 is 0 Å². The Labute approximate surface area is 71.9 Å². The maximum Gasteiger partial charge on any atom is 0.262 e. The lowest BCUT2D eigenvalue weighted by Gasteiger charge is -2.29. The minimum absolute atomic E-state index is 0.294. The van der Waals surface area contributed by atoms with Gasteiger partial charge < -0.3 is 0 Å². The van der Waals surface area contributed by atoms with Crippen LogP contribution in [-0.2, 0) is 9.59 Å². The molecule has 0 radical (unpaired) electrons. The van der Waals surface area contributed by atoms with Crippen molar-refractivity contribution in [3.05, 3.63) is 0 Å². The van der Waals surface area contributed by atoms with Gasteiger partial charge in [0.25, 0.3) is 5.91 Å². The predicted molar refractivity (Wildman–Crippen MR) is 44.3 cm³/mol. The lowest BCUT2D eigenvalue weighted by Crippen LogP contribution is -2.28. The van der Waals surface area contributed by atoms with Gasteiger partial charge in [-0.3, -0.25) is 4.79 Å². The van der Waals surface area contributed by atoms with Crippen molar-refractivity contribution in [2.45, 2.75) is 39.0 Å². The highest BCUT2D eigenvalue weighted by Crippen LogP contribution is 2.36. The van der Waals surface area contributed by atoms with Crippen LogP contribution in [0.4, 0.5) is 0 Å². The second kappa shape index (κ2) is 3.63. The van der Waals surface area contributed by atoms with Crippen molar-refractivity contribution in [1.82, 2.24) is 0 Å². The van der Waals surface area contributed by atoms with Gasteiger partial charge in [-0.05, 0) is 12.8 Å². The molecule has 0 aromatic heterocycles. The molecule has 0 atom stereocenters. The number of hydrogen-bond donors (Lipinski definition) is 0. The van der Waals surface area contributed by atoms with Gasteiger partial charge in [0, 0.05) is 5.41 Å². The molecule has 1 aliphatic carbocycles. The van der Waals surface area contributed by atoms with Crippen LogP contribution in [0.15, 0.2) is 4.99 Å². The van der Waals surface area contributed by atoms with E-state index in [1.54, 1.807) is 0 Å². The summed E-state index contributed by atoms with van der Waals surface area (Å²) in [5, 5.41) is 0. The highest BCUT2D eigenvalue weighted by molar-refractivity contribution is 5.86. The summed E-state index contributed by atoms with van der Waals surface area (Å²) in [4.78, 5) is 24.4. The quantitative estimate of drug-likeness (QED) is 0.441. The van der Waals surface area contributed by atoms with E-state index in [9.17, 15) is 9.59 Å². The molecule has 0 aromatic rings. The van der Waals surface area contributed by atoms with Gasteiger partial charge in [0.2, 0.25) is 6.08 Å². The molecule has 12 heavy (non-hydrogen) atoms. The average molecular weight is 167 g/mol. The van der Waals surface area contributed by atoms with Gasteiger partial charge in [-0.25, -0.2) is 4.79 Å². The molecule has 0 aliphatic heterocycles. The van der Waals surface area contributed by atoms with Gasteiger partial charge in [0.05, 0.1) is 0 Å². The van der Waals surface area contributed by atoms with Crippen molar-refractivity contribution < 1.29 is 9.59 Å². The van der Waals surface area contributed by atoms with Gasteiger partial charge in [-0.1, -0.05) is 26.2 Å². The number of rotatable bonds is 1. The zero-order valence-electron chi connectivity index (χ0n) is 7.30. The molecule has 1 saturated carbocycles. The summed E-state index contributed by atoms with van der Waals surface area (Å²) in [6.07, 6.45) is 6.35. The van der Waals surface area contributed by atoms with E-state index >= 15 is 0 Å². The summed E-state index contributed by atoms with van der Waals surface area (Å²) in [6, 6.07) is 0. The van der Waals surface area contributed by atoms with Gasteiger partial charge in [0.15, 0.2) is 0 Å². The molecule has 0 N–H and O–H groups in total. The van der Waals surface area contributed by atoms with Crippen LogP contribution in [0.1, 0.15) is 39.0 Å². The van der Waals surface area contributed by atoms with Crippen LogP contribution in [0.25, 0.3) is 0 Å². The lowest BCUT2D eigenvalue weighted by molar-refractivity contribution is -0.128. The molecule has 3 heteroatoms. The Balaban J connectivity index is 2.68. The third-order valence-electron chi connectivity index (χ3n) is 2.62. The Morgan fingerprint density at radius 3 is 2.42 bits per heavy atom. The minimum Gasteiger partial charge on any atom is -0.271 e. The van der Waals surface area contributed by atoms with Crippen LogP contribution in [0.3, 0.4) is 0 Å².